The molecule has 2 aromatic heterocycles. The van der Waals surface area contributed by atoms with Gasteiger partial charge < -0.3 is 0 Å². The summed E-state index contributed by atoms with van der Waals surface area (Å²) in [4.78, 5) is 15.4. The van der Waals surface area contributed by atoms with Gasteiger partial charge in [0.05, 0.1) is 10.2 Å². The first-order valence-electron chi connectivity index (χ1n) is 8.21. The Kier molecular flexibility index (Phi) is 4.16. The Hall–Kier alpha value is -2.78. The van der Waals surface area contributed by atoms with Gasteiger partial charge in [-0.05, 0) is 46.2 Å². The number of aromatic nitrogens is 1. The number of benzene rings is 2. The average Bonchev–Trinajstić information content (AvgIpc) is 3.06. The fraction of sp³-hybridized carbons (Fsp3) is 0.0909. The van der Waals surface area contributed by atoms with Gasteiger partial charge in [-0.3, -0.25) is 9.78 Å². The molecule has 0 N–H and O–H groups in total. The molecule has 0 atom stereocenters. The van der Waals surface area contributed by atoms with Gasteiger partial charge in [-0.2, -0.15) is 0 Å². The minimum Gasteiger partial charge on any atom is -0.298 e. The van der Waals surface area contributed by atoms with Gasteiger partial charge in [0.1, 0.15) is 0 Å². The van der Waals surface area contributed by atoms with Gasteiger partial charge in [-0.15, -0.1) is 11.3 Å². The summed E-state index contributed by atoms with van der Waals surface area (Å²) in [5, 5.41) is 2.15. The Balaban J connectivity index is 1.73. The number of rotatable bonds is 4. The topological polar surface area (TPSA) is 30.0 Å². The number of hydrogen-bond acceptors (Lipinski definition) is 3. The average molecular weight is 343 g/mol. The van der Waals surface area contributed by atoms with E-state index in [0.29, 0.717) is 5.56 Å². The van der Waals surface area contributed by atoms with E-state index in [1.807, 2.05) is 12.1 Å². The van der Waals surface area contributed by atoms with Crippen molar-refractivity contribution >= 4 is 27.8 Å². The summed E-state index contributed by atoms with van der Waals surface area (Å²) in [5.74, 6) is 0. The van der Waals surface area contributed by atoms with Crippen LogP contribution in [-0.2, 0) is 6.42 Å². The minimum atomic E-state index is 0.628. The smallest absolute Gasteiger partial charge is 0.151 e. The first-order valence-corrected chi connectivity index (χ1v) is 9.09. The molecule has 2 heterocycles. The summed E-state index contributed by atoms with van der Waals surface area (Å²) in [6.07, 6.45) is 3.35. The highest BCUT2D eigenvalue weighted by Gasteiger charge is 2.11. The second-order valence-corrected chi connectivity index (χ2v) is 7.04. The van der Waals surface area contributed by atoms with Gasteiger partial charge in [0.25, 0.3) is 0 Å². The largest absolute Gasteiger partial charge is 0.298 e. The van der Waals surface area contributed by atoms with E-state index in [-0.39, 0.29) is 0 Å². The molecule has 0 aliphatic carbocycles. The Morgan fingerprint density at radius 3 is 2.68 bits per heavy atom. The molecule has 4 rings (SSSR count). The van der Waals surface area contributed by atoms with Crippen LogP contribution in [0, 0.1) is 6.92 Å². The Labute approximate surface area is 150 Å². The summed E-state index contributed by atoms with van der Waals surface area (Å²) < 4.78 is 1.07. The van der Waals surface area contributed by atoms with Crippen molar-refractivity contribution in [2.45, 2.75) is 13.3 Å². The van der Waals surface area contributed by atoms with E-state index >= 15 is 0 Å². The van der Waals surface area contributed by atoms with Crippen molar-refractivity contribution in [2.24, 2.45) is 0 Å². The second kappa shape index (κ2) is 6.61. The number of fused-ring (bicyclic) bond motifs is 1. The first-order chi connectivity index (χ1) is 12.3. The highest BCUT2D eigenvalue weighted by molar-refractivity contribution is 7.17. The number of nitrogens with zero attached hydrogens (tertiary/aromatic N) is 1. The minimum absolute atomic E-state index is 0.628. The zero-order valence-electron chi connectivity index (χ0n) is 13.9. The highest BCUT2D eigenvalue weighted by Crippen LogP contribution is 2.30. The van der Waals surface area contributed by atoms with Crippen molar-refractivity contribution in [3.63, 3.8) is 0 Å². The molecule has 0 bridgehead atoms. The number of carbonyl (C=O) groups excluding carboxylic acids is 1. The molecule has 0 fully saturated rings. The summed E-state index contributed by atoms with van der Waals surface area (Å²) in [5.41, 5.74) is 7.97. The van der Waals surface area contributed by atoms with Crippen LogP contribution in [0.1, 0.15) is 27.0 Å². The van der Waals surface area contributed by atoms with Crippen LogP contribution in [-0.4, -0.2) is 11.3 Å². The van der Waals surface area contributed by atoms with E-state index in [1.165, 1.54) is 27.8 Å². The Morgan fingerprint density at radius 2 is 1.88 bits per heavy atom. The van der Waals surface area contributed by atoms with Crippen molar-refractivity contribution < 1.29 is 4.79 Å². The Bertz CT molecular complexity index is 1050. The zero-order valence-corrected chi connectivity index (χ0v) is 14.7. The van der Waals surface area contributed by atoms with Crippen molar-refractivity contribution in [1.29, 1.82) is 0 Å². The molecule has 0 saturated carbocycles. The Morgan fingerprint density at radius 1 is 1.04 bits per heavy atom. The fourth-order valence-electron chi connectivity index (χ4n) is 3.18. The SMILES string of the molecule is Cc1c(Cc2csc3cc(C=O)cnc23)cccc1-c1ccccc1. The van der Waals surface area contributed by atoms with Crippen LogP contribution < -0.4 is 0 Å². The van der Waals surface area contributed by atoms with Crippen LogP contribution in [0.15, 0.2) is 66.2 Å². The molecule has 0 saturated heterocycles. The van der Waals surface area contributed by atoms with Crippen LogP contribution in [0.4, 0.5) is 0 Å². The molecular weight excluding hydrogens is 326 g/mol. The summed E-state index contributed by atoms with van der Waals surface area (Å²) in [6, 6.07) is 18.9. The lowest BCUT2D eigenvalue weighted by molar-refractivity contribution is 0.112. The maximum atomic E-state index is 10.9. The highest BCUT2D eigenvalue weighted by atomic mass is 32.1. The molecule has 0 radical (unpaired) electrons. The van der Waals surface area contributed by atoms with Crippen LogP contribution >= 0.6 is 11.3 Å². The van der Waals surface area contributed by atoms with Crippen molar-refractivity contribution in [3.05, 3.63) is 88.4 Å². The van der Waals surface area contributed by atoms with Crippen LogP contribution in [0.5, 0.6) is 0 Å². The normalized spacial score (nSPS) is 10.9. The van der Waals surface area contributed by atoms with E-state index in [9.17, 15) is 4.79 Å². The van der Waals surface area contributed by atoms with Crippen LogP contribution in [0.25, 0.3) is 21.3 Å². The third-order valence-electron chi connectivity index (χ3n) is 4.55. The number of thiophene rings is 1. The maximum absolute atomic E-state index is 10.9. The molecule has 4 aromatic rings. The van der Waals surface area contributed by atoms with Crippen molar-refractivity contribution in [2.75, 3.05) is 0 Å². The van der Waals surface area contributed by atoms with E-state index in [2.05, 4.69) is 59.8 Å². The third-order valence-corrected chi connectivity index (χ3v) is 5.52. The van der Waals surface area contributed by atoms with Crippen molar-refractivity contribution in [1.82, 2.24) is 4.98 Å². The fourth-order valence-corrected chi connectivity index (χ4v) is 4.15. The summed E-state index contributed by atoms with van der Waals surface area (Å²) in [6.45, 7) is 2.18. The molecule has 0 aliphatic rings. The molecule has 25 heavy (non-hydrogen) atoms. The van der Waals surface area contributed by atoms with Gasteiger partial charge in [0.2, 0.25) is 0 Å². The van der Waals surface area contributed by atoms with E-state index in [1.54, 1.807) is 17.5 Å². The monoisotopic (exact) mass is 343 g/mol. The molecular formula is C22H17NOS. The lowest BCUT2D eigenvalue weighted by atomic mass is 9.93. The quantitative estimate of drug-likeness (QED) is 0.447. The van der Waals surface area contributed by atoms with E-state index < -0.39 is 0 Å². The number of pyridine rings is 1. The first kappa shape index (κ1) is 15.7. The lowest BCUT2D eigenvalue weighted by Crippen LogP contribution is -1.94. The van der Waals surface area contributed by atoms with Crippen LogP contribution in [0.2, 0.25) is 0 Å². The molecule has 3 heteroatoms. The molecule has 0 aliphatic heterocycles. The standard InChI is InChI=1S/C22H17NOS/c1-15-18(8-5-9-20(15)17-6-3-2-4-7-17)11-19-14-25-21-10-16(13-24)12-23-22(19)21/h2-10,12-14H,11H2,1H3. The lowest BCUT2D eigenvalue weighted by Gasteiger charge is -2.11. The zero-order chi connectivity index (χ0) is 17.2. The number of carbonyl (C=O) groups is 1. The van der Waals surface area contributed by atoms with Gasteiger partial charge >= 0.3 is 0 Å². The predicted octanol–water partition coefficient (Wildman–Crippen LogP) is 5.68. The van der Waals surface area contributed by atoms with Gasteiger partial charge in [-0.25, -0.2) is 0 Å². The van der Waals surface area contributed by atoms with Gasteiger partial charge in [0, 0.05) is 18.2 Å². The maximum Gasteiger partial charge on any atom is 0.151 e. The number of aldehydes is 1. The van der Waals surface area contributed by atoms with Gasteiger partial charge in [0.15, 0.2) is 6.29 Å². The second-order valence-electron chi connectivity index (χ2n) is 6.13. The molecule has 2 nitrogen and oxygen atoms in total. The third kappa shape index (κ3) is 2.99. The van der Waals surface area contributed by atoms with Crippen LogP contribution in [0.3, 0.4) is 0 Å². The number of hydrogen-bond donors (Lipinski definition) is 0. The predicted molar refractivity (Wildman–Crippen MR) is 104 cm³/mol. The molecule has 0 unspecified atom stereocenters. The molecule has 0 amide bonds. The van der Waals surface area contributed by atoms with Gasteiger partial charge in [-0.1, -0.05) is 48.5 Å². The summed E-state index contributed by atoms with van der Waals surface area (Å²) in [7, 11) is 0. The van der Waals surface area contributed by atoms with Crippen molar-refractivity contribution in [3.8, 4) is 11.1 Å². The van der Waals surface area contributed by atoms with E-state index in [0.717, 1.165) is 22.9 Å². The molecule has 122 valence electrons. The molecule has 2 aromatic carbocycles. The molecule has 0 spiro atoms. The van der Waals surface area contributed by atoms with E-state index in [4.69, 9.17) is 0 Å². The summed E-state index contributed by atoms with van der Waals surface area (Å²) >= 11 is 1.65.